The monoisotopic (exact) mass is 1990 g/mol. The molecule has 1 unspecified atom stereocenters. The van der Waals surface area contributed by atoms with Crippen LogP contribution < -0.4 is 9.47 Å². The lowest BCUT2D eigenvalue weighted by Gasteiger charge is -2.47. The molecule has 0 aliphatic carbocycles. The Labute approximate surface area is 679 Å². The smallest absolute Gasteiger partial charge is 0.460 e. The van der Waals surface area contributed by atoms with Crippen LogP contribution in [0.3, 0.4) is 0 Å². The minimum absolute atomic E-state index is 0.00102. The van der Waals surface area contributed by atoms with E-state index in [1.165, 1.54) is 55.6 Å². The van der Waals surface area contributed by atoms with Gasteiger partial charge in [0.1, 0.15) is 35.9 Å². The molecule has 11 nitrogen and oxygen atoms in total. The molecule has 128 heavy (non-hydrogen) atoms. The minimum atomic E-state index is -9.21. The Balaban J connectivity index is 1.58. The van der Waals surface area contributed by atoms with E-state index in [1.807, 2.05) is 0 Å². The number of fused-ring (bicyclic) bond motifs is 1. The van der Waals surface area contributed by atoms with Gasteiger partial charge in [-0.3, -0.25) is 0 Å². The van der Waals surface area contributed by atoms with Gasteiger partial charge in [0.25, 0.3) is 0 Å². The molecular formula is C66H55F51O11. The molecular weight excluding hydrogens is 1940 g/mol. The Morgan fingerprint density at radius 1 is 0.328 bits per heavy atom. The quantitative estimate of drug-likeness (QED) is 0.0431. The van der Waals surface area contributed by atoms with Gasteiger partial charge in [-0.05, 0) is 54.7 Å². The van der Waals surface area contributed by atoms with Crippen molar-refractivity contribution in [3.05, 3.63) is 95.6 Å². The van der Waals surface area contributed by atoms with Gasteiger partial charge in [0.15, 0.2) is 6.29 Å². The van der Waals surface area contributed by atoms with Crippen LogP contribution in [0.4, 0.5) is 224 Å². The number of aliphatic hydroxyl groups is 1. The highest BCUT2D eigenvalue weighted by atomic mass is 19.5. The number of methoxy groups -OCH3 is 1. The van der Waals surface area contributed by atoms with E-state index in [0.29, 0.717) is 5.56 Å². The van der Waals surface area contributed by atoms with Gasteiger partial charge in [-0.1, -0.05) is 54.6 Å². The molecule has 1 N–H and O–H groups in total. The number of aliphatic hydroxyl groups excluding tert-OH is 1. The molecule has 742 valence electrons. The van der Waals surface area contributed by atoms with Crippen molar-refractivity contribution in [2.24, 2.45) is 5.41 Å². The number of hydrogen-bond acceptors (Lipinski definition) is 11. The average Bonchev–Trinajstić information content (AvgIpc) is 0.702. The highest BCUT2D eigenvalue weighted by Crippen LogP contribution is 2.69. The summed E-state index contributed by atoms with van der Waals surface area (Å²) in [5.41, 5.74) is -3.35. The van der Waals surface area contributed by atoms with Crippen molar-refractivity contribution >= 4 is 0 Å². The van der Waals surface area contributed by atoms with Crippen LogP contribution in [0.5, 0.6) is 11.5 Å². The highest BCUT2D eigenvalue weighted by molar-refractivity contribution is 5.32. The fourth-order valence-electron chi connectivity index (χ4n) is 11.2. The Morgan fingerprint density at radius 3 is 0.945 bits per heavy atom. The molecule has 0 bridgehead atoms. The maximum Gasteiger partial charge on any atom is 0.460 e. The van der Waals surface area contributed by atoms with E-state index in [0.717, 1.165) is 24.3 Å². The zero-order valence-corrected chi connectivity index (χ0v) is 62.1. The molecule has 6 atom stereocenters. The zero-order chi connectivity index (χ0) is 99.4. The zero-order valence-electron chi connectivity index (χ0n) is 62.1. The molecule has 2 aliphatic heterocycles. The molecule has 2 fully saturated rings. The van der Waals surface area contributed by atoms with E-state index in [4.69, 9.17) is 47.4 Å². The first-order valence-electron chi connectivity index (χ1n) is 34.3. The van der Waals surface area contributed by atoms with Gasteiger partial charge < -0.3 is 52.5 Å². The molecule has 3 aromatic carbocycles. The maximum absolute atomic E-state index is 15.1. The summed E-state index contributed by atoms with van der Waals surface area (Å²) in [6, 6.07) is 17.2. The number of benzene rings is 3. The molecule has 0 aromatic heterocycles. The van der Waals surface area contributed by atoms with Crippen molar-refractivity contribution in [2.75, 3.05) is 60.0 Å². The van der Waals surface area contributed by atoms with E-state index in [1.54, 1.807) is 6.07 Å². The predicted molar refractivity (Wildman–Crippen MR) is 318 cm³/mol. The normalized spacial score (nSPS) is 19.9. The van der Waals surface area contributed by atoms with Crippen LogP contribution in [-0.2, 0) is 51.1 Å². The third kappa shape index (κ3) is 19.7. The van der Waals surface area contributed by atoms with E-state index < -0.39 is 283 Å². The molecule has 2 saturated heterocycles. The first-order chi connectivity index (χ1) is 57.2. The van der Waals surface area contributed by atoms with E-state index in [2.05, 4.69) is 0 Å². The molecule has 0 radical (unpaired) electrons. The summed E-state index contributed by atoms with van der Waals surface area (Å²) in [7, 11) is 1.27. The molecule has 3 aromatic rings. The first kappa shape index (κ1) is 112. The molecule has 5 rings (SSSR count). The minimum Gasteiger partial charge on any atom is -0.497 e. The largest absolute Gasteiger partial charge is 0.497 e. The van der Waals surface area contributed by atoms with Crippen LogP contribution in [0.2, 0.25) is 0 Å². The second-order valence-electron chi connectivity index (χ2n) is 28.0. The van der Waals surface area contributed by atoms with E-state index >= 15 is 26.3 Å². The molecule has 2 heterocycles. The van der Waals surface area contributed by atoms with Gasteiger partial charge in [0.2, 0.25) is 6.29 Å². The summed E-state index contributed by atoms with van der Waals surface area (Å²) in [5.74, 6) is -182. The van der Waals surface area contributed by atoms with E-state index in [9.17, 15) is 203 Å². The summed E-state index contributed by atoms with van der Waals surface area (Å²) in [6.07, 6.45) is -51.2. The number of halogens is 51. The number of rotatable bonds is 47. The van der Waals surface area contributed by atoms with Crippen molar-refractivity contribution in [3.8, 4) is 11.5 Å². The second kappa shape index (κ2) is 37.0. The summed E-state index contributed by atoms with van der Waals surface area (Å²) in [4.78, 5) is 0. The Bertz CT molecular complexity index is 3820. The fraction of sp³-hybridized carbons (Fsp3) is 0.727. The second-order valence-corrected chi connectivity index (χ2v) is 28.0. The SMILES string of the molecule is COc1ccc(O[C@@H]2O[C@@H]3COC(c4ccccc4)O[C@@H]3[C@H](OCc3cccc(COCC(COCCCC(F)(F)C(F)(F)C(F)(F)C(F)(F)C(F)(F)C(F)(F)C(F)(F)C(F)(F)F)(COCCCC(F)(F)C(F)(F)C(F)(F)C(F)(F)C(F)(F)C(F)(F)C(F)(F)C(F)(F)F)COCCCC(F)(F)C(F)(F)C(F)(F)C(F)(F)C(F)(F)C(F)(F)C(F)(F)C(F)(F)F)c3)[C@H]2O)cc1. The molecule has 0 spiro atoms. The number of alkyl halides is 51. The molecule has 0 saturated carbocycles. The van der Waals surface area contributed by atoms with Gasteiger partial charge in [-0.2, -0.15) is 224 Å². The summed E-state index contributed by atoms with van der Waals surface area (Å²) >= 11 is 0. The predicted octanol–water partition coefficient (Wildman–Crippen LogP) is 22.8. The van der Waals surface area contributed by atoms with Crippen molar-refractivity contribution < 1.29 is 276 Å². The number of hydrogen-bond donors (Lipinski definition) is 1. The van der Waals surface area contributed by atoms with Crippen LogP contribution >= 0.6 is 0 Å². The third-order valence-electron chi connectivity index (χ3n) is 18.7. The van der Waals surface area contributed by atoms with Crippen LogP contribution in [0.1, 0.15) is 61.5 Å². The van der Waals surface area contributed by atoms with Crippen LogP contribution in [-0.4, -0.2) is 239 Å². The summed E-state index contributed by atoms with van der Waals surface area (Å²) in [5, 5.41) is 11.7. The van der Waals surface area contributed by atoms with Crippen molar-refractivity contribution in [2.45, 2.75) is 232 Å². The standard InChI is InChI=1S/C66H55F51O11/c1-119-34-13-15-35(16-14-34)126-41-37(118)39(38-36(127-41)26-125-40(128-38)33-11-3-2-4-12-33)124-25-32-10-5-9-31(23-32)24-123-30-42(27-120-20-6-17-43(67,68)46(73,74)49(79,80)52(85,86)55(91,92)58(97,98)61(103,104)64(109,110)111,28-121-21-7-18-44(69,70)47(75,76)50(81,82)53(87,88)56(93,94)59(99,100)62(105,106)65(112,113)114)29-122-22-8-19-45(71,72)48(77,78)51(83,84)54(89,90)57(95,96)60(101,102)63(107,108)66(115,116)117/h2-5,9-16,23,36-41,118H,6-8,17-22,24-30H2,1H3/t36-,37-,38+,39-,40?,41-/m1/s1. The van der Waals surface area contributed by atoms with E-state index in [-0.39, 0.29) is 29.2 Å². The lowest BCUT2D eigenvalue weighted by atomic mass is 9.88. The summed E-state index contributed by atoms with van der Waals surface area (Å²) in [6.45, 7) is -16.8. The highest BCUT2D eigenvalue weighted by Gasteiger charge is 2.99. The molecule has 62 heteroatoms. The number of ether oxygens (including phenoxy) is 10. The average molecular weight is 1990 g/mol. The van der Waals surface area contributed by atoms with Gasteiger partial charge >= 0.3 is 143 Å². The van der Waals surface area contributed by atoms with Crippen molar-refractivity contribution in [3.63, 3.8) is 0 Å². The fourth-order valence-corrected chi connectivity index (χ4v) is 11.2. The Hall–Kier alpha value is -6.67. The van der Waals surface area contributed by atoms with Gasteiger partial charge in [0, 0.05) is 44.6 Å². The Kier molecular flexibility index (Phi) is 32.3. The van der Waals surface area contributed by atoms with Gasteiger partial charge in [-0.25, -0.2) is 0 Å². The third-order valence-corrected chi connectivity index (χ3v) is 18.7. The lowest BCUT2D eigenvalue weighted by molar-refractivity contribution is -0.461. The lowest BCUT2D eigenvalue weighted by Crippen LogP contribution is -2.74. The van der Waals surface area contributed by atoms with Crippen LogP contribution in [0.25, 0.3) is 0 Å². The Morgan fingerprint density at radius 2 is 0.625 bits per heavy atom. The van der Waals surface area contributed by atoms with Gasteiger partial charge in [0.05, 0.1) is 58.8 Å². The van der Waals surface area contributed by atoms with Crippen LogP contribution in [0.15, 0.2) is 78.9 Å². The van der Waals surface area contributed by atoms with Gasteiger partial charge in [-0.15, -0.1) is 0 Å². The molecule has 2 aliphatic rings. The van der Waals surface area contributed by atoms with Crippen LogP contribution in [0, 0.1) is 5.41 Å². The summed E-state index contributed by atoms with van der Waals surface area (Å²) < 4.78 is 772. The topological polar surface area (TPSA) is 113 Å². The molecule has 0 amide bonds. The maximum atomic E-state index is 15.1. The van der Waals surface area contributed by atoms with Crippen molar-refractivity contribution in [1.29, 1.82) is 0 Å². The first-order valence-corrected chi connectivity index (χ1v) is 34.3. The van der Waals surface area contributed by atoms with Crippen molar-refractivity contribution in [1.82, 2.24) is 0 Å².